The van der Waals surface area contributed by atoms with Crippen LogP contribution in [0, 0.1) is 0 Å². The summed E-state index contributed by atoms with van der Waals surface area (Å²) >= 11 is 0. The van der Waals surface area contributed by atoms with Crippen molar-refractivity contribution in [3.8, 4) is 57.5 Å². The standard InChI is InChI=1S/C36H30N4O5/c37-23-1-9-27(10-2-23)42-33-19-17-31(21-35(33)44-29-13-5-25(39)6-14-29)41-32-18-20-34(43-28-11-3-24(38)4-12-28)36(22-32)45-30-15-7-26(40)8-16-30/h1-22H,37-40H2. The van der Waals surface area contributed by atoms with Gasteiger partial charge >= 0.3 is 0 Å². The summed E-state index contributed by atoms with van der Waals surface area (Å²) in [5.74, 6) is 5.14. The molecule has 0 atom stereocenters. The van der Waals surface area contributed by atoms with Crippen molar-refractivity contribution < 1.29 is 23.7 Å². The lowest BCUT2D eigenvalue weighted by Gasteiger charge is -2.16. The molecule has 9 heteroatoms. The third-order valence-corrected chi connectivity index (χ3v) is 6.50. The first-order valence-electron chi connectivity index (χ1n) is 14.0. The summed E-state index contributed by atoms with van der Waals surface area (Å²) in [6.45, 7) is 0. The fourth-order valence-electron chi connectivity index (χ4n) is 4.22. The molecule has 0 aliphatic carbocycles. The number of nitrogens with two attached hydrogens (primary N) is 4. The minimum absolute atomic E-state index is 0.427. The molecule has 224 valence electrons. The van der Waals surface area contributed by atoms with Crippen molar-refractivity contribution in [3.63, 3.8) is 0 Å². The van der Waals surface area contributed by atoms with Crippen molar-refractivity contribution in [2.24, 2.45) is 0 Å². The largest absolute Gasteiger partial charge is 0.457 e. The molecule has 6 aromatic carbocycles. The summed E-state index contributed by atoms with van der Waals surface area (Å²) in [4.78, 5) is 0. The summed E-state index contributed by atoms with van der Waals surface area (Å²) in [5.41, 5.74) is 25.9. The van der Waals surface area contributed by atoms with Gasteiger partial charge in [-0.05, 0) is 121 Å². The fraction of sp³-hybridized carbons (Fsp3) is 0. The third-order valence-electron chi connectivity index (χ3n) is 6.50. The Bertz CT molecular complexity index is 1750. The first-order valence-corrected chi connectivity index (χ1v) is 14.0. The van der Waals surface area contributed by atoms with Crippen LogP contribution in [0.15, 0.2) is 133 Å². The van der Waals surface area contributed by atoms with Gasteiger partial charge in [0.2, 0.25) is 0 Å². The molecule has 6 rings (SSSR count). The molecule has 45 heavy (non-hydrogen) atoms. The number of anilines is 4. The van der Waals surface area contributed by atoms with Gasteiger partial charge in [0.25, 0.3) is 0 Å². The highest BCUT2D eigenvalue weighted by Crippen LogP contribution is 2.42. The molecular formula is C36H30N4O5. The summed E-state index contributed by atoms with van der Waals surface area (Å²) in [7, 11) is 0. The van der Waals surface area contributed by atoms with Gasteiger partial charge in [0.15, 0.2) is 23.0 Å². The molecule has 0 saturated heterocycles. The second kappa shape index (κ2) is 12.8. The van der Waals surface area contributed by atoms with E-state index in [1.807, 2.05) is 0 Å². The van der Waals surface area contributed by atoms with E-state index in [1.165, 1.54) is 0 Å². The maximum absolute atomic E-state index is 6.27. The van der Waals surface area contributed by atoms with E-state index in [0.717, 1.165) is 0 Å². The molecule has 0 spiro atoms. The summed E-state index contributed by atoms with van der Waals surface area (Å²) in [6.07, 6.45) is 0. The lowest BCUT2D eigenvalue weighted by molar-refractivity contribution is 0.406. The fourth-order valence-corrected chi connectivity index (χ4v) is 4.22. The maximum Gasteiger partial charge on any atom is 0.173 e. The van der Waals surface area contributed by atoms with Crippen LogP contribution in [0.4, 0.5) is 22.7 Å². The zero-order valence-electron chi connectivity index (χ0n) is 24.1. The van der Waals surface area contributed by atoms with Crippen LogP contribution in [0.3, 0.4) is 0 Å². The second-order valence-electron chi connectivity index (χ2n) is 10.0. The lowest BCUT2D eigenvalue weighted by Crippen LogP contribution is -1.94. The van der Waals surface area contributed by atoms with Gasteiger partial charge in [0.1, 0.15) is 34.5 Å². The Morgan fingerprint density at radius 2 is 0.489 bits per heavy atom. The molecule has 0 aromatic heterocycles. The van der Waals surface area contributed by atoms with Gasteiger partial charge in [-0.1, -0.05) is 0 Å². The van der Waals surface area contributed by atoms with Gasteiger partial charge in [0, 0.05) is 34.9 Å². The zero-order chi connectivity index (χ0) is 31.2. The van der Waals surface area contributed by atoms with Crippen LogP contribution in [0.5, 0.6) is 57.5 Å². The average Bonchev–Trinajstić information content (AvgIpc) is 3.04. The van der Waals surface area contributed by atoms with Gasteiger partial charge in [-0.2, -0.15) is 0 Å². The third kappa shape index (κ3) is 7.49. The van der Waals surface area contributed by atoms with E-state index < -0.39 is 0 Å². The Kier molecular flexibility index (Phi) is 8.15. The Labute approximate surface area is 260 Å². The molecule has 0 amide bonds. The van der Waals surface area contributed by atoms with Gasteiger partial charge in [-0.25, -0.2) is 0 Å². The molecule has 0 unspecified atom stereocenters. The van der Waals surface area contributed by atoms with E-state index in [2.05, 4.69) is 0 Å². The molecule has 6 aromatic rings. The number of benzene rings is 6. The van der Waals surface area contributed by atoms with E-state index in [9.17, 15) is 0 Å². The highest BCUT2D eigenvalue weighted by Gasteiger charge is 2.14. The Morgan fingerprint density at radius 3 is 0.778 bits per heavy atom. The molecule has 8 N–H and O–H groups in total. The molecule has 0 aliphatic rings. The summed E-state index contributed by atoms with van der Waals surface area (Å²) in [5, 5.41) is 0. The molecular weight excluding hydrogens is 568 g/mol. The van der Waals surface area contributed by atoms with Gasteiger partial charge < -0.3 is 46.6 Å². The zero-order valence-corrected chi connectivity index (χ0v) is 24.1. The lowest BCUT2D eigenvalue weighted by atomic mass is 10.2. The number of hydrogen-bond acceptors (Lipinski definition) is 9. The van der Waals surface area contributed by atoms with E-state index in [-0.39, 0.29) is 0 Å². The van der Waals surface area contributed by atoms with Crippen LogP contribution < -0.4 is 46.6 Å². The van der Waals surface area contributed by atoms with Gasteiger partial charge in [-0.3, -0.25) is 0 Å². The summed E-state index contributed by atoms with van der Waals surface area (Å²) < 4.78 is 30.9. The van der Waals surface area contributed by atoms with Crippen LogP contribution in [-0.4, -0.2) is 0 Å². The van der Waals surface area contributed by atoms with Crippen LogP contribution in [0.25, 0.3) is 0 Å². The SMILES string of the molecule is Nc1ccc(Oc2ccc(Oc3ccc(Oc4ccc(N)cc4)c(Oc4ccc(N)cc4)c3)cc2Oc2ccc(N)cc2)cc1. The average molecular weight is 599 g/mol. The van der Waals surface area contributed by atoms with E-state index in [1.54, 1.807) is 133 Å². The second-order valence-corrected chi connectivity index (χ2v) is 10.0. The van der Waals surface area contributed by atoms with E-state index in [4.69, 9.17) is 46.6 Å². The van der Waals surface area contributed by atoms with Crippen LogP contribution in [-0.2, 0) is 0 Å². The Morgan fingerprint density at radius 1 is 0.244 bits per heavy atom. The normalized spacial score (nSPS) is 10.6. The molecule has 0 bridgehead atoms. The first-order chi connectivity index (χ1) is 21.9. The quantitative estimate of drug-likeness (QED) is 0.113. The van der Waals surface area contributed by atoms with Crippen molar-refractivity contribution >= 4 is 22.7 Å². The van der Waals surface area contributed by atoms with Crippen molar-refractivity contribution in [3.05, 3.63) is 133 Å². The number of ether oxygens (including phenoxy) is 5. The molecule has 9 nitrogen and oxygen atoms in total. The smallest absolute Gasteiger partial charge is 0.173 e. The molecule has 0 saturated carbocycles. The monoisotopic (exact) mass is 598 g/mol. The van der Waals surface area contributed by atoms with Crippen molar-refractivity contribution in [1.29, 1.82) is 0 Å². The predicted molar refractivity (Wildman–Crippen MR) is 177 cm³/mol. The predicted octanol–water partition coefficient (Wildman–Crippen LogP) is 8.98. The molecule has 0 heterocycles. The van der Waals surface area contributed by atoms with Gasteiger partial charge in [-0.15, -0.1) is 0 Å². The number of hydrogen-bond donors (Lipinski definition) is 4. The Hall–Kier alpha value is -6.48. The van der Waals surface area contributed by atoms with Gasteiger partial charge in [0.05, 0.1) is 0 Å². The number of rotatable bonds is 10. The minimum atomic E-state index is 0.427. The molecule has 0 aliphatic heterocycles. The van der Waals surface area contributed by atoms with E-state index in [0.29, 0.717) is 80.2 Å². The first kappa shape index (κ1) is 28.6. The maximum atomic E-state index is 6.27. The van der Waals surface area contributed by atoms with Crippen molar-refractivity contribution in [2.75, 3.05) is 22.9 Å². The van der Waals surface area contributed by atoms with Crippen LogP contribution >= 0.6 is 0 Å². The summed E-state index contributed by atoms with van der Waals surface area (Å²) in [6, 6.07) is 38.9. The highest BCUT2D eigenvalue weighted by atomic mass is 16.5. The van der Waals surface area contributed by atoms with E-state index >= 15 is 0 Å². The molecule has 0 radical (unpaired) electrons. The number of nitrogen functional groups attached to an aromatic ring is 4. The highest BCUT2D eigenvalue weighted by molar-refractivity contribution is 5.55. The van der Waals surface area contributed by atoms with Crippen LogP contribution in [0.1, 0.15) is 0 Å². The van der Waals surface area contributed by atoms with Crippen molar-refractivity contribution in [1.82, 2.24) is 0 Å². The Balaban J connectivity index is 1.30. The topological polar surface area (TPSA) is 150 Å². The van der Waals surface area contributed by atoms with Crippen LogP contribution in [0.2, 0.25) is 0 Å². The minimum Gasteiger partial charge on any atom is -0.457 e. The van der Waals surface area contributed by atoms with Crippen molar-refractivity contribution in [2.45, 2.75) is 0 Å². The molecule has 0 fully saturated rings.